The molecule has 0 aliphatic carbocycles. The number of anilines is 1. The van der Waals surface area contributed by atoms with Crippen LogP contribution in [-0.4, -0.2) is 16.4 Å². The lowest BCUT2D eigenvalue weighted by molar-refractivity contribution is -0.385. The van der Waals surface area contributed by atoms with Crippen molar-refractivity contribution in [3.05, 3.63) is 34.1 Å². The Morgan fingerprint density at radius 2 is 2.16 bits per heavy atom. The van der Waals surface area contributed by atoms with Gasteiger partial charge in [0.2, 0.25) is 5.91 Å². The molecule has 6 nitrogen and oxygen atoms in total. The molecular formula is C12H16FN3O3. The molecule has 0 atom stereocenters. The number of amides is 1. The van der Waals surface area contributed by atoms with Crippen LogP contribution in [0.5, 0.6) is 0 Å². The maximum absolute atomic E-state index is 13.5. The minimum absolute atomic E-state index is 0.0783. The molecule has 1 amide bonds. The Kier molecular flexibility index (Phi) is 4.55. The highest BCUT2D eigenvalue weighted by Gasteiger charge is 2.15. The predicted molar refractivity (Wildman–Crippen MR) is 69.2 cm³/mol. The van der Waals surface area contributed by atoms with Crippen molar-refractivity contribution in [3.8, 4) is 0 Å². The Balaban J connectivity index is 2.67. The fourth-order valence-corrected chi connectivity index (χ4v) is 1.37. The lowest BCUT2D eigenvalue weighted by atomic mass is 10.00. The van der Waals surface area contributed by atoms with Crippen LogP contribution in [-0.2, 0) is 4.79 Å². The third-order valence-corrected chi connectivity index (χ3v) is 2.43. The van der Waals surface area contributed by atoms with Crippen molar-refractivity contribution in [3.63, 3.8) is 0 Å². The van der Waals surface area contributed by atoms with Gasteiger partial charge in [-0.25, -0.2) is 4.39 Å². The van der Waals surface area contributed by atoms with Crippen molar-refractivity contribution in [1.29, 1.82) is 0 Å². The SMILES string of the molecule is CC(C)(N)CCC(=O)Nc1ccc([N+](=O)[O-])cc1F. The van der Waals surface area contributed by atoms with Gasteiger partial charge in [0.05, 0.1) is 16.7 Å². The quantitative estimate of drug-likeness (QED) is 0.632. The van der Waals surface area contributed by atoms with Crippen molar-refractivity contribution in [2.75, 3.05) is 5.32 Å². The summed E-state index contributed by atoms with van der Waals surface area (Å²) in [6, 6.07) is 3.06. The Bertz CT molecular complexity index is 497. The van der Waals surface area contributed by atoms with E-state index in [0.717, 1.165) is 12.1 Å². The largest absolute Gasteiger partial charge is 0.326 e. The Labute approximate surface area is 109 Å². The first-order valence-electron chi connectivity index (χ1n) is 5.72. The Morgan fingerprint density at radius 3 is 2.63 bits per heavy atom. The van der Waals surface area contributed by atoms with Gasteiger partial charge < -0.3 is 11.1 Å². The van der Waals surface area contributed by atoms with Crippen LogP contribution < -0.4 is 11.1 Å². The molecule has 0 radical (unpaired) electrons. The number of carbonyl (C=O) groups excluding carboxylic acids is 1. The summed E-state index contributed by atoms with van der Waals surface area (Å²) in [7, 11) is 0. The van der Waals surface area contributed by atoms with Gasteiger partial charge in [0.15, 0.2) is 5.82 Å². The molecule has 0 unspecified atom stereocenters. The highest BCUT2D eigenvalue weighted by Crippen LogP contribution is 2.21. The zero-order chi connectivity index (χ0) is 14.6. The van der Waals surface area contributed by atoms with Crippen LogP contribution in [0.15, 0.2) is 18.2 Å². The number of nitro benzene ring substituents is 1. The summed E-state index contributed by atoms with van der Waals surface area (Å²) in [4.78, 5) is 21.3. The van der Waals surface area contributed by atoms with E-state index in [0.29, 0.717) is 6.42 Å². The van der Waals surface area contributed by atoms with Crippen LogP contribution in [0.25, 0.3) is 0 Å². The van der Waals surface area contributed by atoms with Gasteiger partial charge in [0, 0.05) is 18.0 Å². The van der Waals surface area contributed by atoms with E-state index in [4.69, 9.17) is 5.73 Å². The molecular weight excluding hydrogens is 253 g/mol. The highest BCUT2D eigenvalue weighted by atomic mass is 19.1. The van der Waals surface area contributed by atoms with E-state index in [2.05, 4.69) is 5.32 Å². The molecule has 1 rings (SSSR count). The monoisotopic (exact) mass is 269 g/mol. The van der Waals surface area contributed by atoms with E-state index in [1.54, 1.807) is 13.8 Å². The van der Waals surface area contributed by atoms with Crippen LogP contribution in [0, 0.1) is 15.9 Å². The average molecular weight is 269 g/mol. The van der Waals surface area contributed by atoms with E-state index >= 15 is 0 Å². The van der Waals surface area contributed by atoms with Crippen molar-refractivity contribution in [2.45, 2.75) is 32.2 Å². The number of hydrogen-bond donors (Lipinski definition) is 2. The first kappa shape index (κ1) is 15.0. The summed E-state index contributed by atoms with van der Waals surface area (Å²) in [5, 5.41) is 12.8. The Morgan fingerprint density at radius 1 is 1.53 bits per heavy atom. The van der Waals surface area contributed by atoms with Gasteiger partial charge in [-0.15, -0.1) is 0 Å². The molecule has 1 aromatic carbocycles. The normalized spacial score (nSPS) is 11.2. The summed E-state index contributed by atoms with van der Waals surface area (Å²) in [6.07, 6.45) is 0.605. The molecule has 104 valence electrons. The molecule has 19 heavy (non-hydrogen) atoms. The van der Waals surface area contributed by atoms with Gasteiger partial charge in [-0.1, -0.05) is 0 Å². The van der Waals surface area contributed by atoms with E-state index in [1.807, 2.05) is 0 Å². The molecule has 0 spiro atoms. The van der Waals surface area contributed by atoms with Gasteiger partial charge >= 0.3 is 0 Å². The second-order valence-corrected chi connectivity index (χ2v) is 4.96. The topological polar surface area (TPSA) is 98.3 Å². The van der Waals surface area contributed by atoms with Crippen molar-refractivity contribution >= 4 is 17.3 Å². The average Bonchev–Trinajstić information content (AvgIpc) is 2.28. The number of nitro groups is 1. The summed E-state index contributed by atoms with van der Waals surface area (Å²) < 4.78 is 13.5. The van der Waals surface area contributed by atoms with Crippen LogP contribution in [0.1, 0.15) is 26.7 Å². The minimum Gasteiger partial charge on any atom is -0.326 e. The highest BCUT2D eigenvalue weighted by molar-refractivity contribution is 5.91. The zero-order valence-electron chi connectivity index (χ0n) is 10.8. The molecule has 1 aromatic rings. The molecule has 0 fully saturated rings. The molecule has 0 saturated heterocycles. The summed E-state index contributed by atoms with van der Waals surface area (Å²) in [5.74, 6) is -1.22. The third-order valence-electron chi connectivity index (χ3n) is 2.43. The number of benzene rings is 1. The maximum atomic E-state index is 13.5. The minimum atomic E-state index is -0.838. The van der Waals surface area contributed by atoms with Gasteiger partial charge in [-0.05, 0) is 26.3 Å². The number of nitrogens with two attached hydrogens (primary N) is 1. The maximum Gasteiger partial charge on any atom is 0.272 e. The number of nitrogens with zero attached hydrogens (tertiary/aromatic N) is 1. The second kappa shape index (κ2) is 5.75. The number of non-ortho nitro benzene ring substituents is 1. The molecule has 0 bridgehead atoms. The number of halogens is 1. The van der Waals surface area contributed by atoms with Gasteiger partial charge in [-0.2, -0.15) is 0 Å². The van der Waals surface area contributed by atoms with Crippen LogP contribution in [0.4, 0.5) is 15.8 Å². The molecule has 7 heteroatoms. The molecule has 0 aliphatic heterocycles. The lowest BCUT2D eigenvalue weighted by Crippen LogP contribution is -2.33. The van der Waals surface area contributed by atoms with E-state index < -0.39 is 16.3 Å². The summed E-state index contributed by atoms with van der Waals surface area (Å²) in [5.41, 5.74) is 4.81. The third kappa shape index (κ3) is 5.01. The first-order valence-corrected chi connectivity index (χ1v) is 5.72. The van der Waals surface area contributed by atoms with E-state index in [-0.39, 0.29) is 23.7 Å². The van der Waals surface area contributed by atoms with E-state index in [9.17, 15) is 19.3 Å². The molecule has 0 heterocycles. The van der Waals surface area contributed by atoms with Crippen molar-refractivity contribution in [2.24, 2.45) is 5.73 Å². The molecule has 0 aliphatic rings. The van der Waals surface area contributed by atoms with E-state index in [1.165, 1.54) is 6.07 Å². The number of rotatable bonds is 5. The lowest BCUT2D eigenvalue weighted by Gasteiger charge is -2.17. The molecule has 0 saturated carbocycles. The zero-order valence-corrected chi connectivity index (χ0v) is 10.8. The van der Waals surface area contributed by atoms with Crippen LogP contribution in [0.2, 0.25) is 0 Å². The van der Waals surface area contributed by atoms with Crippen LogP contribution in [0.3, 0.4) is 0 Å². The van der Waals surface area contributed by atoms with Crippen LogP contribution >= 0.6 is 0 Å². The number of nitrogens with one attached hydrogen (secondary N) is 1. The Hall–Kier alpha value is -2.02. The molecule has 0 aromatic heterocycles. The standard InChI is InChI=1S/C12H16FN3O3/c1-12(2,14)6-5-11(17)15-10-4-3-8(16(18)19)7-9(10)13/h3-4,7H,5-6,14H2,1-2H3,(H,15,17). The van der Waals surface area contributed by atoms with Gasteiger partial charge in [-0.3, -0.25) is 14.9 Å². The smallest absolute Gasteiger partial charge is 0.272 e. The summed E-state index contributed by atoms with van der Waals surface area (Å²) in [6.45, 7) is 3.57. The van der Waals surface area contributed by atoms with Gasteiger partial charge in [0.1, 0.15) is 0 Å². The van der Waals surface area contributed by atoms with Gasteiger partial charge in [0.25, 0.3) is 5.69 Å². The number of hydrogen-bond acceptors (Lipinski definition) is 4. The fourth-order valence-electron chi connectivity index (χ4n) is 1.37. The molecule has 3 N–H and O–H groups in total. The second-order valence-electron chi connectivity index (χ2n) is 4.96. The summed E-state index contributed by atoms with van der Waals surface area (Å²) >= 11 is 0. The fraction of sp³-hybridized carbons (Fsp3) is 0.417. The first-order chi connectivity index (χ1) is 8.69. The van der Waals surface area contributed by atoms with Crippen molar-refractivity contribution in [1.82, 2.24) is 0 Å². The predicted octanol–water partition coefficient (Wildman–Crippen LogP) is 2.19. The van der Waals surface area contributed by atoms with Crippen molar-refractivity contribution < 1.29 is 14.1 Å². The number of carbonyl (C=O) groups is 1.